The van der Waals surface area contributed by atoms with Crippen molar-refractivity contribution in [2.24, 2.45) is 0 Å². The van der Waals surface area contributed by atoms with Gasteiger partial charge in [-0.1, -0.05) is 37.3 Å². The van der Waals surface area contributed by atoms with Gasteiger partial charge in [0.05, 0.1) is 6.20 Å². The van der Waals surface area contributed by atoms with Gasteiger partial charge in [-0.15, -0.1) is 5.10 Å². The number of nitrogens with one attached hydrogen (secondary N) is 3. The predicted molar refractivity (Wildman–Crippen MR) is 109 cm³/mol. The fourth-order valence-electron chi connectivity index (χ4n) is 3.06. The highest BCUT2D eigenvalue weighted by molar-refractivity contribution is 5.83. The Hall–Kier alpha value is -3.41. The Bertz CT molecular complexity index is 1020. The van der Waals surface area contributed by atoms with Crippen molar-refractivity contribution in [3.8, 4) is 0 Å². The first-order valence-corrected chi connectivity index (χ1v) is 9.16. The average Bonchev–Trinajstić information content (AvgIpc) is 3.12. The highest BCUT2D eigenvalue weighted by Crippen LogP contribution is 2.18. The van der Waals surface area contributed by atoms with Gasteiger partial charge >= 0.3 is 0 Å². The van der Waals surface area contributed by atoms with Crippen LogP contribution in [-0.4, -0.2) is 26.7 Å². The minimum Gasteiger partial charge on any atom is -0.368 e. The molecular weight excluding hydrogens is 336 g/mol. The van der Waals surface area contributed by atoms with Gasteiger partial charge in [0.2, 0.25) is 5.95 Å². The summed E-state index contributed by atoms with van der Waals surface area (Å²) in [7, 11) is 0. The maximum absolute atomic E-state index is 4.49. The van der Waals surface area contributed by atoms with Crippen molar-refractivity contribution >= 4 is 28.4 Å². The van der Waals surface area contributed by atoms with Crippen molar-refractivity contribution in [2.75, 3.05) is 17.2 Å². The Morgan fingerprint density at radius 1 is 1.04 bits per heavy atom. The highest BCUT2D eigenvalue weighted by Gasteiger charge is 2.04. The van der Waals surface area contributed by atoms with Crippen LogP contribution in [0.15, 0.2) is 60.9 Å². The lowest BCUT2D eigenvalue weighted by molar-refractivity contribution is 0.952. The molecule has 0 aliphatic heterocycles. The second-order valence-corrected chi connectivity index (χ2v) is 6.38. The van der Waals surface area contributed by atoms with Gasteiger partial charge in [-0.2, -0.15) is 10.1 Å². The van der Waals surface area contributed by atoms with Crippen molar-refractivity contribution in [1.82, 2.24) is 20.2 Å². The molecule has 3 N–H and O–H groups in total. The summed E-state index contributed by atoms with van der Waals surface area (Å²) in [5.41, 5.74) is 4.70. The first-order chi connectivity index (χ1) is 13.3. The topological polar surface area (TPSA) is 78.5 Å². The number of hydrogen-bond donors (Lipinski definition) is 3. The summed E-state index contributed by atoms with van der Waals surface area (Å²) < 4.78 is 0. The largest absolute Gasteiger partial charge is 0.368 e. The number of anilines is 3. The van der Waals surface area contributed by atoms with E-state index in [9.17, 15) is 0 Å². The molecule has 27 heavy (non-hydrogen) atoms. The molecule has 0 saturated heterocycles. The van der Waals surface area contributed by atoms with Crippen molar-refractivity contribution in [2.45, 2.75) is 19.8 Å². The summed E-state index contributed by atoms with van der Waals surface area (Å²) in [6, 6.07) is 16.6. The van der Waals surface area contributed by atoms with Crippen LogP contribution < -0.4 is 10.6 Å². The van der Waals surface area contributed by atoms with Crippen LogP contribution >= 0.6 is 0 Å². The fraction of sp³-hybridized carbons (Fsp3) is 0.190. The minimum atomic E-state index is 0.483. The van der Waals surface area contributed by atoms with Crippen LogP contribution in [0, 0.1) is 0 Å². The molecule has 4 aromatic rings. The van der Waals surface area contributed by atoms with Crippen molar-refractivity contribution < 1.29 is 0 Å². The Morgan fingerprint density at radius 2 is 1.89 bits per heavy atom. The van der Waals surface area contributed by atoms with Gasteiger partial charge in [0, 0.05) is 29.3 Å². The molecule has 0 radical (unpaired) electrons. The number of fused-ring (bicyclic) bond motifs is 1. The summed E-state index contributed by atoms with van der Waals surface area (Å²) in [4.78, 5) is 7.79. The molecule has 0 unspecified atom stereocenters. The Balaban J connectivity index is 1.37. The molecule has 6 nitrogen and oxygen atoms in total. The van der Waals surface area contributed by atoms with E-state index in [1.807, 2.05) is 18.2 Å². The van der Waals surface area contributed by atoms with E-state index in [1.165, 1.54) is 16.5 Å². The molecular formula is C21H22N6. The van der Waals surface area contributed by atoms with Crippen LogP contribution in [0.4, 0.5) is 17.5 Å². The van der Waals surface area contributed by atoms with E-state index >= 15 is 0 Å². The summed E-state index contributed by atoms with van der Waals surface area (Å²) >= 11 is 0. The van der Waals surface area contributed by atoms with E-state index in [0.717, 1.165) is 30.6 Å². The van der Waals surface area contributed by atoms with Gasteiger partial charge < -0.3 is 15.6 Å². The zero-order valence-corrected chi connectivity index (χ0v) is 15.2. The smallest absolute Gasteiger partial charge is 0.249 e. The normalized spacial score (nSPS) is 10.9. The van der Waals surface area contributed by atoms with Crippen LogP contribution in [0.3, 0.4) is 0 Å². The van der Waals surface area contributed by atoms with Crippen LogP contribution in [-0.2, 0) is 12.8 Å². The van der Waals surface area contributed by atoms with Crippen LogP contribution in [0.2, 0.25) is 0 Å². The Kier molecular flexibility index (Phi) is 4.96. The van der Waals surface area contributed by atoms with Crippen LogP contribution in [0.1, 0.15) is 18.1 Å². The molecule has 0 atom stereocenters. The van der Waals surface area contributed by atoms with Crippen LogP contribution in [0.5, 0.6) is 0 Å². The number of hydrogen-bond acceptors (Lipinski definition) is 5. The van der Waals surface area contributed by atoms with Gasteiger partial charge in [0.1, 0.15) is 0 Å². The van der Waals surface area contributed by atoms with Gasteiger partial charge in [-0.3, -0.25) is 0 Å². The minimum absolute atomic E-state index is 0.483. The summed E-state index contributed by atoms with van der Waals surface area (Å²) in [6.07, 6.45) is 5.63. The van der Waals surface area contributed by atoms with Gasteiger partial charge in [-0.05, 0) is 42.2 Å². The molecule has 6 heteroatoms. The summed E-state index contributed by atoms with van der Waals surface area (Å²) in [5.74, 6) is 1.19. The Labute approximate surface area is 158 Å². The maximum atomic E-state index is 4.49. The number of benzene rings is 2. The van der Waals surface area contributed by atoms with Crippen molar-refractivity contribution in [1.29, 1.82) is 0 Å². The number of rotatable bonds is 7. The lowest BCUT2D eigenvalue weighted by Crippen LogP contribution is -2.08. The van der Waals surface area contributed by atoms with Gasteiger partial charge in [0.25, 0.3) is 0 Å². The first-order valence-electron chi connectivity index (χ1n) is 9.16. The molecule has 0 amide bonds. The SMILES string of the molecule is CCc1ccc(Nc2nncc(NCCc3c[nH]c4ccccc34)n2)cc1. The van der Waals surface area contributed by atoms with Crippen molar-refractivity contribution in [3.63, 3.8) is 0 Å². The second kappa shape index (κ2) is 7.86. The zero-order valence-electron chi connectivity index (χ0n) is 15.2. The summed E-state index contributed by atoms with van der Waals surface area (Å²) in [6.45, 7) is 2.91. The number of aromatic amines is 1. The van der Waals surface area contributed by atoms with E-state index in [4.69, 9.17) is 0 Å². The molecule has 4 rings (SSSR count). The first kappa shape index (κ1) is 17.0. The van der Waals surface area contributed by atoms with E-state index in [-0.39, 0.29) is 0 Å². The quantitative estimate of drug-likeness (QED) is 0.459. The van der Waals surface area contributed by atoms with E-state index in [0.29, 0.717) is 11.8 Å². The standard InChI is InChI=1S/C21H22N6/c1-2-15-7-9-17(10-8-15)25-21-26-20(14-24-27-21)22-12-11-16-13-23-19-6-4-3-5-18(16)19/h3-10,13-14,23H,2,11-12H2,1H3,(H2,22,25,26,27). The molecule has 2 aromatic carbocycles. The predicted octanol–water partition coefficient (Wildman–Crippen LogP) is 4.31. The zero-order chi connectivity index (χ0) is 18.5. The second-order valence-electron chi connectivity index (χ2n) is 6.38. The lowest BCUT2D eigenvalue weighted by atomic mass is 10.1. The number of H-pyrrole nitrogens is 1. The molecule has 0 saturated carbocycles. The lowest BCUT2D eigenvalue weighted by Gasteiger charge is -2.08. The number of nitrogens with zero attached hydrogens (tertiary/aromatic N) is 3. The van der Waals surface area contributed by atoms with Crippen molar-refractivity contribution in [3.05, 3.63) is 72.1 Å². The Morgan fingerprint density at radius 3 is 2.74 bits per heavy atom. The van der Waals surface area contributed by atoms with Gasteiger partial charge in [0.15, 0.2) is 5.82 Å². The van der Waals surface area contributed by atoms with E-state index < -0.39 is 0 Å². The molecule has 136 valence electrons. The third-order valence-corrected chi connectivity index (χ3v) is 4.55. The third-order valence-electron chi connectivity index (χ3n) is 4.55. The molecule has 0 spiro atoms. The molecule has 0 aliphatic carbocycles. The van der Waals surface area contributed by atoms with Crippen LogP contribution in [0.25, 0.3) is 10.9 Å². The molecule has 2 heterocycles. The highest BCUT2D eigenvalue weighted by atomic mass is 15.3. The number of aromatic nitrogens is 4. The van der Waals surface area contributed by atoms with Gasteiger partial charge in [-0.25, -0.2) is 0 Å². The third kappa shape index (κ3) is 4.06. The fourth-order valence-corrected chi connectivity index (χ4v) is 3.06. The molecule has 0 bridgehead atoms. The van der Waals surface area contributed by atoms with E-state index in [1.54, 1.807) is 6.20 Å². The summed E-state index contributed by atoms with van der Waals surface area (Å²) in [5, 5.41) is 15.9. The number of aryl methyl sites for hydroxylation is 1. The molecule has 0 aliphatic rings. The monoisotopic (exact) mass is 358 g/mol. The maximum Gasteiger partial charge on any atom is 0.249 e. The average molecular weight is 358 g/mol. The van der Waals surface area contributed by atoms with E-state index in [2.05, 4.69) is 74.3 Å². The number of para-hydroxylation sites is 1. The molecule has 2 aromatic heterocycles. The molecule has 0 fully saturated rings.